The molecule has 1 unspecified atom stereocenters. The van der Waals surface area contributed by atoms with Crippen LogP contribution in [0.4, 0.5) is 4.79 Å². The van der Waals surface area contributed by atoms with Crippen molar-refractivity contribution in [3.05, 3.63) is 35.9 Å². The highest BCUT2D eigenvalue weighted by molar-refractivity contribution is 7.85. The van der Waals surface area contributed by atoms with Gasteiger partial charge in [0.1, 0.15) is 35.2 Å². The van der Waals surface area contributed by atoms with E-state index in [-0.39, 0.29) is 72.1 Å². The highest BCUT2D eigenvalue weighted by atomic mass is 32.2. The average Bonchev–Trinajstić information content (AvgIpc) is 3.10. The Bertz CT molecular complexity index is 1680. The van der Waals surface area contributed by atoms with E-state index >= 15 is 0 Å². The minimum absolute atomic E-state index is 0.0243. The lowest BCUT2D eigenvalue weighted by molar-refractivity contribution is -0.158. The number of carbonyl (C=O) groups excluding carboxylic acids is 6. The lowest BCUT2D eigenvalue weighted by Crippen LogP contribution is -2.54. The van der Waals surface area contributed by atoms with Gasteiger partial charge in [0.15, 0.2) is 0 Å². The molecule has 20 nitrogen and oxygen atoms in total. The summed E-state index contributed by atoms with van der Waals surface area (Å²) in [5.74, 6) is -4.18. The summed E-state index contributed by atoms with van der Waals surface area (Å²) in [5.41, 5.74) is -1.43. The molecule has 1 atom stereocenters. The maximum atomic E-state index is 13.6. The number of carbonyl (C=O) groups is 6. The fraction of sp³-hybridized carbons (Fsp3) is 0.707. The molecule has 21 heteroatoms. The third-order valence-electron chi connectivity index (χ3n) is 8.55. The molecule has 3 amide bonds. The molecule has 1 aliphatic heterocycles. The van der Waals surface area contributed by atoms with Gasteiger partial charge >= 0.3 is 24.0 Å². The SMILES string of the molecule is CC(C)(C)OC(=O)CN1CCN(CC(=O)NC(CS(=O)(=O)O)C(=O)NCCNC(=O)OCc2ccccc2)CCN(CC(=O)OC(C)(C)C)CCN(CC(=O)OC(C)(C)C)CC1. The molecule has 352 valence electrons. The highest BCUT2D eigenvalue weighted by Crippen LogP contribution is 2.12. The van der Waals surface area contributed by atoms with E-state index in [2.05, 4.69) is 16.0 Å². The molecule has 1 heterocycles. The van der Waals surface area contributed by atoms with E-state index in [1.807, 2.05) is 20.8 Å². The van der Waals surface area contributed by atoms with Crippen LogP contribution in [0.5, 0.6) is 0 Å². The second-order valence-corrected chi connectivity index (χ2v) is 19.5. The minimum atomic E-state index is -4.75. The molecule has 2 rings (SSSR count). The van der Waals surface area contributed by atoms with Crippen LogP contribution < -0.4 is 16.0 Å². The van der Waals surface area contributed by atoms with E-state index < -0.39 is 74.5 Å². The molecule has 62 heavy (non-hydrogen) atoms. The van der Waals surface area contributed by atoms with Gasteiger partial charge in [-0.1, -0.05) is 30.3 Å². The van der Waals surface area contributed by atoms with Gasteiger partial charge in [0.05, 0.1) is 26.2 Å². The summed E-state index contributed by atoms with van der Waals surface area (Å²) in [6.45, 7) is 17.2. The summed E-state index contributed by atoms with van der Waals surface area (Å²) in [6.07, 6.45) is -0.746. The van der Waals surface area contributed by atoms with Crippen LogP contribution in [-0.2, 0) is 59.6 Å². The van der Waals surface area contributed by atoms with Gasteiger partial charge in [0, 0.05) is 65.4 Å². The normalized spacial score (nSPS) is 16.4. The lowest BCUT2D eigenvalue weighted by atomic mass is 10.2. The Hall–Kier alpha value is -4.41. The average molecular weight is 900 g/mol. The first-order valence-corrected chi connectivity index (χ1v) is 22.3. The first-order valence-electron chi connectivity index (χ1n) is 20.7. The van der Waals surface area contributed by atoms with Crippen molar-refractivity contribution < 1.29 is 60.7 Å². The number of ether oxygens (including phenoxy) is 4. The smallest absolute Gasteiger partial charge is 0.407 e. The molecule has 0 aliphatic carbocycles. The number of nitrogens with zero attached hydrogens (tertiary/aromatic N) is 4. The van der Waals surface area contributed by atoms with E-state index in [1.54, 1.807) is 91.5 Å². The quantitative estimate of drug-likeness (QED) is 0.0726. The number of hydrogen-bond donors (Lipinski definition) is 4. The number of benzene rings is 1. The van der Waals surface area contributed by atoms with Gasteiger partial charge in [0.25, 0.3) is 10.1 Å². The number of nitrogens with one attached hydrogen (secondary N) is 3. The van der Waals surface area contributed by atoms with Gasteiger partial charge in [-0.25, -0.2) is 4.79 Å². The van der Waals surface area contributed by atoms with E-state index in [1.165, 1.54) is 0 Å². The second-order valence-electron chi connectivity index (χ2n) is 18.0. The Morgan fingerprint density at radius 2 is 0.984 bits per heavy atom. The molecular formula is C41H69N7O13S. The van der Waals surface area contributed by atoms with Gasteiger partial charge in [-0.2, -0.15) is 8.42 Å². The Kier molecular flexibility index (Phi) is 21.7. The lowest BCUT2D eigenvalue weighted by Gasteiger charge is -2.34. The second kappa shape index (κ2) is 25.0. The fourth-order valence-electron chi connectivity index (χ4n) is 5.96. The standard InChI is InChI=1S/C41H69N7O13S/c1-39(2,3)59-34(50)26-46-19-17-45(18-20-47(27-35(51)60-40(4,5)6)22-24-48(23-21-46)28-36(52)61-41(7,8)9)25-33(49)44-32(30-62(55,56)57)37(53)42-15-16-43-38(54)58-29-31-13-11-10-12-14-31/h10-14,32H,15-30H2,1-9H3,(H,42,53)(H,43,54)(H,44,49)(H,55,56,57). The monoisotopic (exact) mass is 899 g/mol. The summed E-state index contributed by atoms with van der Waals surface area (Å²) in [6, 6.07) is 7.28. The third kappa shape index (κ3) is 26.2. The molecule has 0 spiro atoms. The van der Waals surface area contributed by atoms with E-state index in [9.17, 15) is 41.7 Å². The van der Waals surface area contributed by atoms with E-state index in [0.717, 1.165) is 5.56 Å². The number of amides is 3. The van der Waals surface area contributed by atoms with Crippen LogP contribution in [0.2, 0.25) is 0 Å². The molecule has 0 radical (unpaired) electrons. The molecule has 1 saturated heterocycles. The molecule has 0 aromatic heterocycles. The maximum Gasteiger partial charge on any atom is 0.407 e. The molecule has 4 N–H and O–H groups in total. The maximum absolute atomic E-state index is 13.6. The summed E-state index contributed by atoms with van der Waals surface area (Å²) in [7, 11) is -4.75. The predicted octanol–water partition coefficient (Wildman–Crippen LogP) is 0.648. The number of esters is 3. The van der Waals surface area contributed by atoms with Crippen molar-refractivity contribution in [3.63, 3.8) is 0 Å². The highest BCUT2D eigenvalue weighted by Gasteiger charge is 2.29. The molecule has 1 aromatic rings. The number of alkyl carbamates (subject to hydrolysis) is 1. The Labute approximate surface area is 366 Å². The predicted molar refractivity (Wildman–Crippen MR) is 229 cm³/mol. The van der Waals surface area contributed by atoms with Crippen molar-refractivity contribution in [2.75, 3.05) is 97.4 Å². The first-order chi connectivity index (χ1) is 28.6. The van der Waals surface area contributed by atoms with Gasteiger partial charge in [-0.15, -0.1) is 0 Å². The molecule has 1 aliphatic rings. The molecule has 1 fully saturated rings. The van der Waals surface area contributed by atoms with Crippen LogP contribution in [0.3, 0.4) is 0 Å². The summed E-state index contributed by atoms with van der Waals surface area (Å²) < 4.78 is 55.4. The Morgan fingerprint density at radius 1 is 0.613 bits per heavy atom. The summed E-state index contributed by atoms with van der Waals surface area (Å²) in [5, 5.41) is 7.32. The zero-order valence-corrected chi connectivity index (χ0v) is 38.6. The van der Waals surface area contributed by atoms with Crippen LogP contribution in [-0.4, -0.2) is 189 Å². The van der Waals surface area contributed by atoms with Gasteiger partial charge in [0.2, 0.25) is 11.8 Å². The van der Waals surface area contributed by atoms with Crippen molar-refractivity contribution in [3.8, 4) is 0 Å². The largest absolute Gasteiger partial charge is 0.459 e. The fourth-order valence-corrected chi connectivity index (χ4v) is 6.62. The molecule has 0 saturated carbocycles. The van der Waals surface area contributed by atoms with Gasteiger partial charge in [-0.3, -0.25) is 48.1 Å². The van der Waals surface area contributed by atoms with Gasteiger partial charge < -0.3 is 34.9 Å². The minimum Gasteiger partial charge on any atom is -0.459 e. The van der Waals surface area contributed by atoms with Crippen molar-refractivity contribution in [2.45, 2.75) is 91.8 Å². The van der Waals surface area contributed by atoms with E-state index in [0.29, 0.717) is 26.2 Å². The summed E-state index contributed by atoms with van der Waals surface area (Å²) in [4.78, 5) is 85.1. The van der Waals surface area contributed by atoms with Crippen molar-refractivity contribution >= 4 is 45.9 Å². The zero-order valence-electron chi connectivity index (χ0n) is 37.8. The summed E-state index contributed by atoms with van der Waals surface area (Å²) >= 11 is 0. The van der Waals surface area contributed by atoms with Crippen molar-refractivity contribution in [2.24, 2.45) is 0 Å². The van der Waals surface area contributed by atoms with Crippen molar-refractivity contribution in [1.82, 2.24) is 35.6 Å². The van der Waals surface area contributed by atoms with Crippen LogP contribution in [0, 0.1) is 0 Å². The number of hydrogen-bond acceptors (Lipinski definition) is 16. The van der Waals surface area contributed by atoms with Crippen LogP contribution in [0.25, 0.3) is 0 Å². The van der Waals surface area contributed by atoms with Crippen molar-refractivity contribution in [1.29, 1.82) is 0 Å². The third-order valence-corrected chi connectivity index (χ3v) is 9.31. The van der Waals surface area contributed by atoms with Crippen LogP contribution in [0.15, 0.2) is 30.3 Å². The zero-order chi connectivity index (χ0) is 46.7. The topological polar surface area (TPSA) is 243 Å². The first kappa shape index (κ1) is 53.7. The molecule has 0 bridgehead atoms. The van der Waals surface area contributed by atoms with E-state index in [4.69, 9.17) is 18.9 Å². The van der Waals surface area contributed by atoms with Crippen LogP contribution in [0.1, 0.15) is 67.9 Å². The number of rotatable bonds is 17. The molecular weight excluding hydrogens is 831 g/mol. The molecule has 1 aromatic carbocycles. The van der Waals surface area contributed by atoms with Gasteiger partial charge in [-0.05, 0) is 67.9 Å². The Balaban J connectivity index is 2.24. The Morgan fingerprint density at radius 3 is 1.35 bits per heavy atom. The van der Waals surface area contributed by atoms with Crippen LogP contribution >= 0.6 is 0 Å².